The van der Waals surface area contributed by atoms with Gasteiger partial charge in [0.15, 0.2) is 0 Å². The molecule has 0 amide bonds. The highest BCUT2D eigenvalue weighted by Gasteiger charge is 2.07. The molecule has 0 saturated carbocycles. The van der Waals surface area contributed by atoms with Gasteiger partial charge in [-0.3, -0.25) is 0 Å². The zero-order chi connectivity index (χ0) is 13.8. The largest absolute Gasteiger partial charge is 0.330 e. The van der Waals surface area contributed by atoms with Gasteiger partial charge in [-0.2, -0.15) is 0 Å². The van der Waals surface area contributed by atoms with Crippen LogP contribution in [0.3, 0.4) is 0 Å². The Morgan fingerprint density at radius 3 is 2.63 bits per heavy atom. The Kier molecular flexibility index (Phi) is 4.27. The fraction of sp³-hybridized carbons (Fsp3) is 0.375. The van der Waals surface area contributed by atoms with Gasteiger partial charge in [0.1, 0.15) is 5.82 Å². The topological polar surface area (TPSA) is 51.8 Å². The van der Waals surface area contributed by atoms with E-state index < -0.39 is 0 Å². The summed E-state index contributed by atoms with van der Waals surface area (Å²) in [7, 11) is 0. The highest BCUT2D eigenvalue weighted by Crippen LogP contribution is 2.20. The molecule has 0 radical (unpaired) electrons. The van der Waals surface area contributed by atoms with Gasteiger partial charge >= 0.3 is 0 Å². The Bertz CT molecular complexity index is 564. The average molecular weight is 255 g/mol. The molecule has 0 aliphatic carbocycles. The molecule has 19 heavy (non-hydrogen) atoms. The molecule has 0 spiro atoms. The molecule has 1 atom stereocenters. The van der Waals surface area contributed by atoms with Crippen molar-refractivity contribution in [3.8, 4) is 11.3 Å². The third-order valence-electron chi connectivity index (χ3n) is 3.44. The first-order chi connectivity index (χ1) is 9.10. The van der Waals surface area contributed by atoms with Crippen LogP contribution in [0, 0.1) is 19.8 Å². The summed E-state index contributed by atoms with van der Waals surface area (Å²) >= 11 is 0. The fourth-order valence-electron chi connectivity index (χ4n) is 1.95. The number of benzene rings is 1. The van der Waals surface area contributed by atoms with Crippen molar-refractivity contribution in [3.63, 3.8) is 0 Å². The van der Waals surface area contributed by atoms with Crippen LogP contribution in [0.1, 0.15) is 23.9 Å². The minimum atomic E-state index is 0.412. The minimum Gasteiger partial charge on any atom is -0.330 e. The van der Waals surface area contributed by atoms with Gasteiger partial charge in [0, 0.05) is 18.2 Å². The van der Waals surface area contributed by atoms with Crippen LogP contribution in [0.15, 0.2) is 30.5 Å². The third kappa shape index (κ3) is 3.38. The molecule has 2 rings (SSSR count). The van der Waals surface area contributed by atoms with Crippen LogP contribution in [0.4, 0.5) is 0 Å². The van der Waals surface area contributed by atoms with Crippen LogP contribution in [0.25, 0.3) is 11.3 Å². The lowest BCUT2D eigenvalue weighted by Crippen LogP contribution is -2.14. The maximum atomic E-state index is 5.65. The first-order valence-corrected chi connectivity index (χ1v) is 6.69. The van der Waals surface area contributed by atoms with Crippen LogP contribution in [0.5, 0.6) is 0 Å². The molecule has 100 valence electrons. The smallest absolute Gasteiger partial charge is 0.129 e. The van der Waals surface area contributed by atoms with Crippen LogP contribution < -0.4 is 5.73 Å². The number of aromatic nitrogens is 2. The van der Waals surface area contributed by atoms with Gasteiger partial charge in [0.05, 0.1) is 5.69 Å². The second-order valence-corrected chi connectivity index (χ2v) is 5.20. The summed E-state index contributed by atoms with van der Waals surface area (Å²) in [6, 6.07) is 8.38. The van der Waals surface area contributed by atoms with E-state index in [2.05, 4.69) is 48.9 Å². The lowest BCUT2D eigenvalue weighted by Gasteiger charge is -2.09. The number of rotatable bonds is 4. The van der Waals surface area contributed by atoms with E-state index in [9.17, 15) is 0 Å². The van der Waals surface area contributed by atoms with E-state index in [1.165, 1.54) is 11.1 Å². The summed E-state index contributed by atoms with van der Waals surface area (Å²) in [5, 5.41) is 0. The monoisotopic (exact) mass is 255 g/mol. The Morgan fingerprint density at radius 1 is 1.16 bits per heavy atom. The molecule has 0 aliphatic rings. The molecule has 1 aromatic heterocycles. The maximum absolute atomic E-state index is 5.65. The van der Waals surface area contributed by atoms with Crippen molar-refractivity contribution in [1.29, 1.82) is 0 Å². The molecule has 0 bridgehead atoms. The predicted octanol–water partition coefficient (Wildman–Crippen LogP) is 2.90. The highest BCUT2D eigenvalue weighted by atomic mass is 14.9. The fourth-order valence-corrected chi connectivity index (χ4v) is 1.95. The average Bonchev–Trinajstić information content (AvgIpc) is 2.42. The Hall–Kier alpha value is -1.74. The molecule has 1 unspecified atom stereocenters. The van der Waals surface area contributed by atoms with Crippen molar-refractivity contribution >= 4 is 0 Å². The number of nitrogens with two attached hydrogens (primary N) is 1. The summed E-state index contributed by atoms with van der Waals surface area (Å²) in [4.78, 5) is 8.96. The second-order valence-electron chi connectivity index (χ2n) is 5.20. The lowest BCUT2D eigenvalue weighted by molar-refractivity contribution is 0.574. The van der Waals surface area contributed by atoms with Gasteiger partial charge in [-0.15, -0.1) is 0 Å². The second kappa shape index (κ2) is 5.93. The first-order valence-electron chi connectivity index (χ1n) is 6.69. The molecule has 0 aliphatic heterocycles. The van der Waals surface area contributed by atoms with E-state index in [1.807, 2.05) is 12.3 Å². The summed E-state index contributed by atoms with van der Waals surface area (Å²) in [6.45, 7) is 7.02. The van der Waals surface area contributed by atoms with Crippen LogP contribution >= 0.6 is 0 Å². The van der Waals surface area contributed by atoms with Crippen molar-refractivity contribution in [3.05, 3.63) is 47.4 Å². The van der Waals surface area contributed by atoms with Crippen molar-refractivity contribution in [1.82, 2.24) is 9.97 Å². The van der Waals surface area contributed by atoms with Crippen LogP contribution in [0.2, 0.25) is 0 Å². The van der Waals surface area contributed by atoms with Crippen LogP contribution in [-0.4, -0.2) is 16.5 Å². The zero-order valence-electron chi connectivity index (χ0n) is 11.9. The SMILES string of the molecule is Cc1ccc(-c2ccnc(CC(C)CN)n2)cc1C. The van der Waals surface area contributed by atoms with Gasteiger partial charge in [0.25, 0.3) is 0 Å². The maximum Gasteiger partial charge on any atom is 0.129 e. The normalized spacial score (nSPS) is 12.4. The van der Waals surface area contributed by atoms with Gasteiger partial charge in [-0.25, -0.2) is 9.97 Å². The molecule has 1 heterocycles. The van der Waals surface area contributed by atoms with E-state index in [1.54, 1.807) is 0 Å². The summed E-state index contributed by atoms with van der Waals surface area (Å²) in [6.07, 6.45) is 2.66. The van der Waals surface area contributed by atoms with Crippen LogP contribution in [-0.2, 0) is 6.42 Å². The van der Waals surface area contributed by atoms with Crippen molar-refractivity contribution < 1.29 is 0 Å². The van der Waals surface area contributed by atoms with E-state index in [-0.39, 0.29) is 0 Å². The summed E-state index contributed by atoms with van der Waals surface area (Å²) in [5.74, 6) is 1.28. The first kappa shape index (κ1) is 13.7. The highest BCUT2D eigenvalue weighted by molar-refractivity contribution is 5.60. The standard InChI is InChI=1S/C16H21N3/c1-11(10-17)8-16-18-7-6-15(19-16)14-5-4-12(2)13(3)9-14/h4-7,9,11H,8,10,17H2,1-3H3. The predicted molar refractivity (Wildman–Crippen MR) is 78.9 cm³/mol. The number of aryl methyl sites for hydroxylation is 2. The van der Waals surface area contributed by atoms with Gasteiger partial charge in [-0.05, 0) is 49.6 Å². The van der Waals surface area contributed by atoms with E-state index in [4.69, 9.17) is 5.73 Å². The van der Waals surface area contributed by atoms with Crippen molar-refractivity contribution in [2.75, 3.05) is 6.54 Å². The molecule has 3 nitrogen and oxygen atoms in total. The van der Waals surface area contributed by atoms with Crippen molar-refractivity contribution in [2.45, 2.75) is 27.2 Å². The van der Waals surface area contributed by atoms with Gasteiger partial charge < -0.3 is 5.73 Å². The molecular formula is C16H21N3. The molecule has 3 heteroatoms. The summed E-state index contributed by atoms with van der Waals surface area (Å²) in [5.41, 5.74) is 10.4. The van der Waals surface area contributed by atoms with Gasteiger partial charge in [-0.1, -0.05) is 19.1 Å². The number of nitrogens with zero attached hydrogens (tertiary/aromatic N) is 2. The third-order valence-corrected chi connectivity index (χ3v) is 3.44. The molecule has 2 N–H and O–H groups in total. The van der Waals surface area contributed by atoms with E-state index in [0.717, 1.165) is 23.5 Å². The Labute approximate surface area is 114 Å². The van der Waals surface area contributed by atoms with E-state index in [0.29, 0.717) is 12.5 Å². The Balaban J connectivity index is 2.29. The number of hydrogen-bond acceptors (Lipinski definition) is 3. The summed E-state index contributed by atoms with van der Waals surface area (Å²) < 4.78 is 0. The molecule has 2 aromatic rings. The Morgan fingerprint density at radius 2 is 1.95 bits per heavy atom. The zero-order valence-corrected chi connectivity index (χ0v) is 11.9. The molecule has 0 saturated heterocycles. The molecule has 1 aromatic carbocycles. The number of hydrogen-bond donors (Lipinski definition) is 1. The van der Waals surface area contributed by atoms with Crippen molar-refractivity contribution in [2.24, 2.45) is 11.7 Å². The quantitative estimate of drug-likeness (QED) is 0.914. The minimum absolute atomic E-state index is 0.412. The lowest BCUT2D eigenvalue weighted by atomic mass is 10.0. The van der Waals surface area contributed by atoms with Gasteiger partial charge in [0.2, 0.25) is 0 Å². The molecule has 0 fully saturated rings. The van der Waals surface area contributed by atoms with E-state index >= 15 is 0 Å². The molecular weight excluding hydrogens is 234 g/mol.